The summed E-state index contributed by atoms with van der Waals surface area (Å²) in [6.45, 7) is 0.964. The average Bonchev–Trinajstić information content (AvgIpc) is 2.97. The highest BCUT2D eigenvalue weighted by atomic mass is 16.7. The Balaban J connectivity index is 1.30. The number of rotatable bonds is 7. The first kappa shape index (κ1) is 31.2. The molecule has 2 aromatic rings. The third kappa shape index (κ3) is 6.08. The largest absolute Gasteiger partial charge is 0.507 e. The number of carbonyl (C=O) groups is 1. The Bertz CT molecular complexity index is 1320. The van der Waals surface area contributed by atoms with E-state index in [9.17, 15) is 45.6 Å². The van der Waals surface area contributed by atoms with Crippen LogP contribution in [0.4, 0.5) is 0 Å². The van der Waals surface area contributed by atoms with E-state index in [4.69, 9.17) is 28.4 Å². The fourth-order valence-electron chi connectivity index (χ4n) is 5.20. The molecule has 3 aliphatic rings. The Morgan fingerprint density at radius 2 is 1.53 bits per heavy atom. The zero-order chi connectivity index (χ0) is 31.2. The van der Waals surface area contributed by atoms with Crippen molar-refractivity contribution in [2.24, 2.45) is 0 Å². The van der Waals surface area contributed by atoms with Crippen molar-refractivity contribution in [1.82, 2.24) is 0 Å². The van der Waals surface area contributed by atoms with Gasteiger partial charge in [0.25, 0.3) is 0 Å². The maximum absolute atomic E-state index is 12.9. The smallest absolute Gasteiger partial charge is 0.229 e. The van der Waals surface area contributed by atoms with E-state index in [0.29, 0.717) is 5.56 Å². The molecule has 8 N–H and O–H groups in total. The van der Waals surface area contributed by atoms with E-state index in [-0.39, 0.29) is 35.0 Å². The van der Waals surface area contributed by atoms with E-state index in [1.54, 1.807) is 6.07 Å². The minimum absolute atomic E-state index is 0.0457. The lowest BCUT2D eigenvalue weighted by Gasteiger charge is -2.42. The lowest BCUT2D eigenvalue weighted by atomic mass is 9.95. The van der Waals surface area contributed by atoms with Gasteiger partial charge in [-0.2, -0.15) is 0 Å². The number of hydrogen-bond donors (Lipinski definition) is 8. The second kappa shape index (κ2) is 12.4. The van der Waals surface area contributed by atoms with Gasteiger partial charge in [-0.25, -0.2) is 0 Å². The molecule has 0 radical (unpaired) electrons. The molecule has 3 aliphatic heterocycles. The number of carbonyl (C=O) groups excluding carboxylic acids is 1. The molecule has 0 saturated carbocycles. The monoisotopic (exact) mass is 610 g/mol. The van der Waals surface area contributed by atoms with Gasteiger partial charge in [-0.05, 0) is 24.6 Å². The Morgan fingerprint density at radius 3 is 2.23 bits per heavy atom. The van der Waals surface area contributed by atoms with E-state index in [2.05, 4.69) is 0 Å². The number of fused-ring (bicyclic) bond motifs is 1. The van der Waals surface area contributed by atoms with Crippen molar-refractivity contribution in [2.75, 3.05) is 13.7 Å². The minimum atomic E-state index is -1.77. The number of aliphatic hydroxyl groups excluding tert-OH is 6. The molecule has 11 atom stereocenters. The van der Waals surface area contributed by atoms with Crippen molar-refractivity contribution in [1.29, 1.82) is 0 Å². The van der Waals surface area contributed by atoms with Crippen LogP contribution in [0.2, 0.25) is 0 Å². The number of hydrogen-bond acceptors (Lipinski definition) is 15. The van der Waals surface area contributed by atoms with Crippen LogP contribution in [0.15, 0.2) is 30.3 Å². The Morgan fingerprint density at radius 1 is 0.837 bits per heavy atom. The quantitative estimate of drug-likeness (QED) is 0.185. The zero-order valence-electron chi connectivity index (χ0n) is 23.1. The molecular formula is C28H34O15. The number of aliphatic hydroxyl groups is 6. The van der Waals surface area contributed by atoms with Crippen molar-refractivity contribution in [3.8, 4) is 28.7 Å². The SMILES string of the molecule is COc1ccc(C2CC(=O)c3c(O)cc(O[C@@H]4O[C@H](CO[C@@H]5O[C@@H](C)[C@@H](O)[C@@H](O)[C@H]5O)[C@@H](O)[C@H](O)[C@H]4O)cc3O2)cc1O. The summed E-state index contributed by atoms with van der Waals surface area (Å²) < 4.78 is 33.1. The van der Waals surface area contributed by atoms with Crippen LogP contribution in [0.3, 0.4) is 0 Å². The number of methoxy groups -OCH3 is 1. The summed E-state index contributed by atoms with van der Waals surface area (Å²) >= 11 is 0. The highest BCUT2D eigenvalue weighted by Crippen LogP contribution is 2.43. The van der Waals surface area contributed by atoms with E-state index < -0.39 is 85.7 Å². The number of phenols is 2. The van der Waals surface area contributed by atoms with Crippen LogP contribution in [-0.2, 0) is 14.2 Å². The molecule has 0 aromatic heterocycles. The number of Topliss-reactive ketones (excluding diaryl/α,β-unsaturated/α-hetero) is 1. The number of benzene rings is 2. The maximum atomic E-state index is 12.9. The van der Waals surface area contributed by atoms with Gasteiger partial charge in [0.05, 0.1) is 26.2 Å². The van der Waals surface area contributed by atoms with Gasteiger partial charge in [-0.3, -0.25) is 4.79 Å². The lowest BCUT2D eigenvalue weighted by molar-refractivity contribution is -0.318. The van der Waals surface area contributed by atoms with Gasteiger partial charge in [0.1, 0.15) is 71.6 Å². The van der Waals surface area contributed by atoms with E-state index in [0.717, 1.165) is 6.07 Å². The first-order chi connectivity index (χ1) is 20.4. The Labute approximate surface area is 245 Å². The fraction of sp³-hybridized carbons (Fsp3) is 0.536. The molecular weight excluding hydrogens is 576 g/mol. The molecule has 2 aromatic carbocycles. The summed E-state index contributed by atoms with van der Waals surface area (Å²) in [5.41, 5.74) is 0.373. The van der Waals surface area contributed by atoms with Crippen LogP contribution in [0, 0.1) is 0 Å². The van der Waals surface area contributed by atoms with Crippen LogP contribution in [0.1, 0.15) is 35.4 Å². The van der Waals surface area contributed by atoms with Crippen molar-refractivity contribution in [3.63, 3.8) is 0 Å². The summed E-state index contributed by atoms with van der Waals surface area (Å²) in [5.74, 6) is -0.999. The third-order valence-corrected chi connectivity index (χ3v) is 7.70. The fourth-order valence-corrected chi connectivity index (χ4v) is 5.20. The molecule has 0 amide bonds. The molecule has 3 heterocycles. The molecule has 15 nitrogen and oxygen atoms in total. The van der Waals surface area contributed by atoms with Gasteiger partial charge in [-0.1, -0.05) is 6.07 Å². The summed E-state index contributed by atoms with van der Waals surface area (Å²) in [7, 11) is 1.39. The Hall–Kier alpha value is -3.25. The van der Waals surface area contributed by atoms with Gasteiger partial charge in [0.2, 0.25) is 6.29 Å². The van der Waals surface area contributed by atoms with Gasteiger partial charge in [0.15, 0.2) is 23.6 Å². The molecule has 43 heavy (non-hydrogen) atoms. The predicted molar refractivity (Wildman–Crippen MR) is 141 cm³/mol. The molecule has 1 unspecified atom stereocenters. The highest BCUT2D eigenvalue weighted by molar-refractivity contribution is 6.02. The normalized spacial score (nSPS) is 36.0. The van der Waals surface area contributed by atoms with E-state index in [1.807, 2.05) is 0 Å². The number of aromatic hydroxyl groups is 2. The van der Waals surface area contributed by atoms with Crippen molar-refractivity contribution in [3.05, 3.63) is 41.5 Å². The molecule has 15 heteroatoms. The summed E-state index contributed by atoms with van der Waals surface area (Å²) in [5, 5.41) is 82.2. The molecule has 0 bridgehead atoms. The van der Waals surface area contributed by atoms with Gasteiger partial charge in [-0.15, -0.1) is 0 Å². The second-order valence-electron chi connectivity index (χ2n) is 10.6. The van der Waals surface area contributed by atoms with Crippen LogP contribution < -0.4 is 14.2 Å². The van der Waals surface area contributed by atoms with Gasteiger partial charge >= 0.3 is 0 Å². The number of ether oxygens (including phenoxy) is 6. The van der Waals surface area contributed by atoms with E-state index in [1.165, 1.54) is 32.2 Å². The van der Waals surface area contributed by atoms with Gasteiger partial charge < -0.3 is 69.3 Å². The molecule has 5 rings (SSSR count). The summed E-state index contributed by atoms with van der Waals surface area (Å²) in [6.07, 6.45) is -15.9. The molecule has 2 fully saturated rings. The number of ketones is 1. The van der Waals surface area contributed by atoms with Crippen LogP contribution >= 0.6 is 0 Å². The molecule has 0 spiro atoms. The molecule has 0 aliphatic carbocycles. The van der Waals surface area contributed by atoms with Crippen molar-refractivity contribution >= 4 is 5.78 Å². The third-order valence-electron chi connectivity index (χ3n) is 7.70. The lowest BCUT2D eigenvalue weighted by Crippen LogP contribution is -2.61. The topological polar surface area (TPSA) is 234 Å². The van der Waals surface area contributed by atoms with Gasteiger partial charge in [0, 0.05) is 12.1 Å². The summed E-state index contributed by atoms with van der Waals surface area (Å²) in [6, 6.07) is 6.90. The Kier molecular flexibility index (Phi) is 8.99. The maximum Gasteiger partial charge on any atom is 0.229 e. The first-order valence-corrected chi connectivity index (χ1v) is 13.5. The van der Waals surface area contributed by atoms with Crippen LogP contribution in [0.25, 0.3) is 0 Å². The minimum Gasteiger partial charge on any atom is -0.507 e. The van der Waals surface area contributed by atoms with Crippen molar-refractivity contribution < 1.29 is 74.1 Å². The summed E-state index contributed by atoms with van der Waals surface area (Å²) in [4.78, 5) is 12.9. The molecule has 2 saturated heterocycles. The second-order valence-corrected chi connectivity index (χ2v) is 10.6. The van der Waals surface area contributed by atoms with E-state index >= 15 is 0 Å². The standard InChI is InChI=1S/C28H34O15/c1-10-21(32)23(34)25(36)27(40-10)39-9-19-22(33)24(35)26(37)28(43-19)41-12-6-14(30)20-15(31)8-17(42-18(20)7-12)11-3-4-16(38-2)13(29)5-11/h3-7,10,17,19,21-30,32-37H,8-9H2,1-2H3/t10-,17?,19+,21+,22+,23+,24-,25+,26+,27+,28+/m0/s1. The van der Waals surface area contributed by atoms with Crippen LogP contribution in [-0.4, -0.2) is 122 Å². The van der Waals surface area contributed by atoms with Crippen molar-refractivity contribution in [2.45, 2.75) is 80.9 Å². The first-order valence-electron chi connectivity index (χ1n) is 13.5. The predicted octanol–water partition coefficient (Wildman–Crippen LogP) is -1.16. The number of phenolic OH excluding ortho intramolecular Hbond substituents is 2. The zero-order valence-corrected chi connectivity index (χ0v) is 23.1. The average molecular weight is 611 g/mol. The molecule has 236 valence electrons. The van der Waals surface area contributed by atoms with Crippen LogP contribution in [0.5, 0.6) is 28.7 Å². The highest BCUT2D eigenvalue weighted by Gasteiger charge is 2.47.